The Morgan fingerprint density at radius 3 is 2.76 bits per heavy atom. The molecule has 2 aromatic heterocycles. The maximum Gasteiger partial charge on any atom is 0.145 e. The van der Waals surface area contributed by atoms with Crippen LogP contribution in [0, 0.1) is 5.41 Å². The first-order valence-corrected chi connectivity index (χ1v) is 6.37. The van der Waals surface area contributed by atoms with E-state index in [9.17, 15) is 0 Å². The molecule has 2 rings (SSSR count). The molecule has 0 aromatic carbocycles. The highest BCUT2D eigenvalue weighted by molar-refractivity contribution is 7.13. The van der Waals surface area contributed by atoms with Gasteiger partial charge >= 0.3 is 0 Å². The van der Waals surface area contributed by atoms with Crippen LogP contribution >= 0.6 is 11.3 Å². The van der Waals surface area contributed by atoms with Gasteiger partial charge in [0.25, 0.3) is 0 Å². The van der Waals surface area contributed by atoms with E-state index in [0.717, 1.165) is 22.9 Å². The fourth-order valence-corrected chi connectivity index (χ4v) is 2.28. The minimum atomic E-state index is -0.0385. The van der Waals surface area contributed by atoms with Gasteiger partial charge < -0.3 is 9.63 Å². The molecule has 0 aliphatic heterocycles. The lowest BCUT2D eigenvalue weighted by atomic mass is 9.91. The van der Waals surface area contributed by atoms with E-state index < -0.39 is 0 Å². The summed E-state index contributed by atoms with van der Waals surface area (Å²) in [4.78, 5) is 4.25. The molecule has 0 unspecified atom stereocenters. The largest absolute Gasteiger partial charge is 0.390 e. The van der Waals surface area contributed by atoms with E-state index in [1.165, 1.54) is 11.3 Å². The summed E-state index contributed by atoms with van der Waals surface area (Å²) in [5.41, 5.74) is 1.59. The van der Waals surface area contributed by atoms with Crippen molar-refractivity contribution in [2.75, 3.05) is 0 Å². The Kier molecular flexibility index (Phi) is 3.31. The summed E-state index contributed by atoms with van der Waals surface area (Å²) in [6, 6.07) is 1.92. The zero-order valence-corrected chi connectivity index (χ0v) is 11.0. The van der Waals surface area contributed by atoms with Crippen molar-refractivity contribution in [1.29, 1.82) is 0 Å². The summed E-state index contributed by atoms with van der Waals surface area (Å²) in [5, 5.41) is 15.6. The molecule has 0 saturated heterocycles. The van der Waals surface area contributed by atoms with Gasteiger partial charge in [0, 0.05) is 17.9 Å². The van der Waals surface area contributed by atoms with E-state index in [1.807, 2.05) is 11.4 Å². The normalized spacial score (nSPS) is 12.0. The van der Waals surface area contributed by atoms with Crippen molar-refractivity contribution in [2.24, 2.45) is 5.41 Å². The Hall–Kier alpha value is -1.20. The fourth-order valence-electron chi connectivity index (χ4n) is 1.52. The predicted molar refractivity (Wildman–Crippen MR) is 66.7 cm³/mol. The Balaban J connectivity index is 2.18. The van der Waals surface area contributed by atoms with Gasteiger partial charge in [0.2, 0.25) is 0 Å². The molecule has 0 aliphatic rings. The van der Waals surface area contributed by atoms with E-state index >= 15 is 0 Å². The molecule has 4 nitrogen and oxygen atoms in total. The number of hydrogen-bond donors (Lipinski definition) is 1. The van der Waals surface area contributed by atoms with E-state index in [1.54, 1.807) is 0 Å². The first kappa shape index (κ1) is 12.3. The standard InChI is InChI=1S/C12H16N2O2S/c1-12(2,3)5-9-4-10(14-16-9)11-13-8(6-15)7-17-11/h4,7,15H,5-6H2,1-3H3. The van der Waals surface area contributed by atoms with E-state index in [2.05, 4.69) is 30.9 Å². The lowest BCUT2D eigenvalue weighted by Gasteiger charge is -2.14. The Bertz CT molecular complexity index is 497. The highest BCUT2D eigenvalue weighted by Crippen LogP contribution is 2.26. The first-order chi connectivity index (χ1) is 7.98. The van der Waals surface area contributed by atoms with Gasteiger partial charge in [-0.1, -0.05) is 25.9 Å². The molecule has 0 fully saturated rings. The van der Waals surface area contributed by atoms with Gasteiger partial charge in [-0.2, -0.15) is 0 Å². The average Bonchev–Trinajstić information content (AvgIpc) is 2.82. The zero-order valence-electron chi connectivity index (χ0n) is 10.2. The summed E-state index contributed by atoms with van der Waals surface area (Å²) in [5.74, 6) is 0.869. The number of nitrogens with zero attached hydrogens (tertiary/aromatic N) is 2. The van der Waals surface area contributed by atoms with Crippen LogP contribution in [0.2, 0.25) is 0 Å². The molecule has 0 bridgehead atoms. The first-order valence-electron chi connectivity index (χ1n) is 5.49. The monoisotopic (exact) mass is 252 g/mol. The maximum atomic E-state index is 8.96. The minimum Gasteiger partial charge on any atom is -0.390 e. The van der Waals surface area contributed by atoms with Crippen molar-refractivity contribution in [2.45, 2.75) is 33.8 Å². The van der Waals surface area contributed by atoms with Crippen LogP contribution in [-0.4, -0.2) is 15.2 Å². The average molecular weight is 252 g/mol. The second-order valence-corrected chi connectivity index (χ2v) is 6.08. The van der Waals surface area contributed by atoms with Crippen LogP contribution in [0.3, 0.4) is 0 Å². The van der Waals surface area contributed by atoms with Crippen molar-refractivity contribution in [3.05, 3.63) is 22.9 Å². The van der Waals surface area contributed by atoms with Crippen LogP contribution in [0.5, 0.6) is 0 Å². The maximum absolute atomic E-state index is 8.96. The van der Waals surface area contributed by atoms with Gasteiger partial charge in [-0.25, -0.2) is 4.98 Å². The number of rotatable bonds is 3. The van der Waals surface area contributed by atoms with Gasteiger partial charge in [0.1, 0.15) is 16.5 Å². The quantitative estimate of drug-likeness (QED) is 0.912. The van der Waals surface area contributed by atoms with Crippen LogP contribution in [0.15, 0.2) is 16.0 Å². The third-order valence-corrected chi connectivity index (χ3v) is 3.11. The number of aliphatic hydroxyl groups excluding tert-OH is 1. The van der Waals surface area contributed by atoms with E-state index in [4.69, 9.17) is 9.63 Å². The van der Waals surface area contributed by atoms with Crippen LogP contribution in [0.1, 0.15) is 32.2 Å². The number of aliphatic hydroxyl groups is 1. The minimum absolute atomic E-state index is 0.0385. The number of aromatic nitrogens is 2. The Labute approximate surface area is 104 Å². The molecular formula is C12H16N2O2S. The molecule has 0 saturated carbocycles. The lowest BCUT2D eigenvalue weighted by Crippen LogP contribution is -2.08. The second-order valence-electron chi connectivity index (χ2n) is 5.22. The molecule has 2 heterocycles. The number of hydrogen-bond acceptors (Lipinski definition) is 5. The van der Waals surface area contributed by atoms with Crippen molar-refractivity contribution in [3.63, 3.8) is 0 Å². The fraction of sp³-hybridized carbons (Fsp3) is 0.500. The summed E-state index contributed by atoms with van der Waals surface area (Å²) in [7, 11) is 0. The molecule has 92 valence electrons. The SMILES string of the molecule is CC(C)(C)Cc1cc(-c2nc(CO)cs2)no1. The summed E-state index contributed by atoms with van der Waals surface area (Å²) in [6.45, 7) is 6.43. The van der Waals surface area contributed by atoms with Gasteiger partial charge in [-0.15, -0.1) is 11.3 Å². The molecule has 0 atom stereocenters. The van der Waals surface area contributed by atoms with E-state index in [0.29, 0.717) is 5.69 Å². The van der Waals surface area contributed by atoms with Crippen LogP contribution in [-0.2, 0) is 13.0 Å². The smallest absolute Gasteiger partial charge is 0.145 e. The lowest BCUT2D eigenvalue weighted by molar-refractivity contribution is 0.277. The van der Waals surface area contributed by atoms with Crippen LogP contribution in [0.25, 0.3) is 10.7 Å². The third-order valence-electron chi connectivity index (χ3n) is 2.20. The van der Waals surface area contributed by atoms with Crippen LogP contribution < -0.4 is 0 Å². The van der Waals surface area contributed by atoms with Crippen molar-refractivity contribution >= 4 is 11.3 Å². The summed E-state index contributed by atoms with van der Waals surface area (Å²) in [6.07, 6.45) is 0.845. The summed E-state index contributed by atoms with van der Waals surface area (Å²) >= 11 is 1.46. The van der Waals surface area contributed by atoms with Crippen LogP contribution in [0.4, 0.5) is 0 Å². The molecule has 5 heteroatoms. The predicted octanol–water partition coefficient (Wildman–Crippen LogP) is 2.88. The highest BCUT2D eigenvalue weighted by Gasteiger charge is 2.16. The molecule has 0 spiro atoms. The Morgan fingerprint density at radius 1 is 1.41 bits per heavy atom. The van der Waals surface area contributed by atoms with Crippen molar-refractivity contribution < 1.29 is 9.63 Å². The molecule has 0 amide bonds. The van der Waals surface area contributed by atoms with Gasteiger partial charge in [0.15, 0.2) is 0 Å². The Morgan fingerprint density at radius 2 is 2.18 bits per heavy atom. The summed E-state index contributed by atoms with van der Waals surface area (Å²) < 4.78 is 5.29. The van der Waals surface area contributed by atoms with E-state index in [-0.39, 0.29) is 12.0 Å². The second kappa shape index (κ2) is 4.58. The third kappa shape index (κ3) is 3.14. The molecule has 2 aromatic rings. The van der Waals surface area contributed by atoms with Gasteiger partial charge in [-0.05, 0) is 5.41 Å². The van der Waals surface area contributed by atoms with Crippen molar-refractivity contribution in [1.82, 2.24) is 10.1 Å². The van der Waals surface area contributed by atoms with Gasteiger partial charge in [0.05, 0.1) is 12.3 Å². The van der Waals surface area contributed by atoms with Crippen molar-refractivity contribution in [3.8, 4) is 10.7 Å². The molecule has 1 N–H and O–H groups in total. The van der Waals surface area contributed by atoms with Gasteiger partial charge in [-0.3, -0.25) is 0 Å². The molecule has 0 radical (unpaired) electrons. The topological polar surface area (TPSA) is 59.2 Å². The zero-order chi connectivity index (χ0) is 12.5. The molecular weight excluding hydrogens is 236 g/mol. The molecule has 17 heavy (non-hydrogen) atoms. The number of thiazole rings is 1. The molecule has 0 aliphatic carbocycles. The highest BCUT2D eigenvalue weighted by atomic mass is 32.1.